The lowest BCUT2D eigenvalue weighted by molar-refractivity contribution is -0.128. The lowest BCUT2D eigenvalue weighted by Crippen LogP contribution is -2.24. The van der Waals surface area contributed by atoms with Crippen molar-refractivity contribution in [2.24, 2.45) is 0 Å². The van der Waals surface area contributed by atoms with Crippen molar-refractivity contribution in [3.63, 3.8) is 0 Å². The number of rotatable bonds is 5. The van der Waals surface area contributed by atoms with E-state index in [1.807, 2.05) is 48.2 Å². The summed E-state index contributed by atoms with van der Waals surface area (Å²) in [6.07, 6.45) is 0.390. The average Bonchev–Trinajstić information content (AvgIpc) is 3.30. The number of aromatic nitrogens is 2. The second-order valence-corrected chi connectivity index (χ2v) is 7.26. The first kappa shape index (κ1) is 18.2. The molecule has 2 aromatic carbocycles. The average molecular weight is 377 g/mol. The number of aryl methyl sites for hydroxylation is 2. The zero-order valence-corrected chi connectivity index (χ0v) is 16.3. The van der Waals surface area contributed by atoms with Crippen molar-refractivity contribution in [2.75, 3.05) is 13.7 Å². The maximum atomic E-state index is 12.5. The second-order valence-electron chi connectivity index (χ2n) is 7.26. The van der Waals surface area contributed by atoms with Crippen LogP contribution in [-0.2, 0) is 11.3 Å². The molecule has 1 amide bonds. The third-order valence-corrected chi connectivity index (χ3v) is 5.19. The Hall–Kier alpha value is -3.15. The normalized spacial score (nSPS) is 16.6. The zero-order valence-electron chi connectivity index (χ0n) is 16.3. The van der Waals surface area contributed by atoms with E-state index in [2.05, 4.69) is 23.1 Å². The molecule has 6 heteroatoms. The Labute approximate surface area is 164 Å². The van der Waals surface area contributed by atoms with Crippen molar-refractivity contribution >= 4 is 5.91 Å². The molecule has 1 fully saturated rings. The Balaban J connectivity index is 1.51. The molecule has 1 aromatic heterocycles. The number of hydrogen-bond acceptors (Lipinski definition) is 5. The smallest absolute Gasteiger partial charge is 0.258 e. The lowest BCUT2D eigenvalue weighted by Gasteiger charge is -2.17. The van der Waals surface area contributed by atoms with Crippen LogP contribution in [0.3, 0.4) is 0 Å². The summed E-state index contributed by atoms with van der Waals surface area (Å²) in [5.74, 6) is 1.91. The molecule has 0 N–H and O–H groups in total. The molecule has 0 unspecified atom stereocenters. The van der Waals surface area contributed by atoms with Crippen LogP contribution in [0.25, 0.3) is 11.5 Å². The summed E-state index contributed by atoms with van der Waals surface area (Å²) in [5, 5.41) is 4.16. The predicted molar refractivity (Wildman–Crippen MR) is 105 cm³/mol. The maximum absolute atomic E-state index is 12.5. The second kappa shape index (κ2) is 7.46. The van der Waals surface area contributed by atoms with Gasteiger partial charge in [-0.25, -0.2) is 0 Å². The summed E-state index contributed by atoms with van der Waals surface area (Å²) in [5.41, 5.74) is 4.20. The Morgan fingerprint density at radius 1 is 1.21 bits per heavy atom. The van der Waals surface area contributed by atoms with E-state index in [4.69, 9.17) is 9.26 Å². The minimum Gasteiger partial charge on any atom is -0.496 e. The van der Waals surface area contributed by atoms with Crippen molar-refractivity contribution in [3.05, 3.63) is 65.0 Å². The quantitative estimate of drug-likeness (QED) is 0.675. The van der Waals surface area contributed by atoms with Crippen LogP contribution in [0.5, 0.6) is 5.75 Å². The summed E-state index contributed by atoms with van der Waals surface area (Å²) in [6, 6.07) is 13.9. The highest BCUT2D eigenvalue weighted by Gasteiger charge is 2.34. The first-order valence-corrected chi connectivity index (χ1v) is 9.36. The molecule has 144 valence electrons. The van der Waals surface area contributed by atoms with Gasteiger partial charge in [0, 0.05) is 36.6 Å². The molecule has 0 bridgehead atoms. The number of carbonyl (C=O) groups is 1. The SMILES string of the molecule is COc1ccccc1CN1C[C@H](c2noc(-c3ccc(C)cc3C)n2)CC1=O. The van der Waals surface area contributed by atoms with Gasteiger partial charge in [-0.1, -0.05) is 41.1 Å². The van der Waals surface area contributed by atoms with E-state index >= 15 is 0 Å². The van der Waals surface area contributed by atoms with Gasteiger partial charge in [-0.2, -0.15) is 4.98 Å². The fourth-order valence-electron chi connectivity index (χ4n) is 3.70. The fourth-order valence-corrected chi connectivity index (χ4v) is 3.70. The molecule has 0 saturated carbocycles. The van der Waals surface area contributed by atoms with E-state index in [0.29, 0.717) is 31.2 Å². The van der Waals surface area contributed by atoms with Gasteiger partial charge in [0.25, 0.3) is 5.89 Å². The molecular formula is C22H23N3O3. The summed E-state index contributed by atoms with van der Waals surface area (Å²) in [4.78, 5) is 18.9. The molecule has 0 radical (unpaired) electrons. The van der Waals surface area contributed by atoms with Crippen LogP contribution >= 0.6 is 0 Å². The highest BCUT2D eigenvalue weighted by Crippen LogP contribution is 2.31. The number of benzene rings is 2. The molecule has 3 aromatic rings. The van der Waals surface area contributed by atoms with Gasteiger partial charge in [0.2, 0.25) is 5.91 Å². The van der Waals surface area contributed by atoms with Crippen LogP contribution in [0.2, 0.25) is 0 Å². The highest BCUT2D eigenvalue weighted by atomic mass is 16.5. The van der Waals surface area contributed by atoms with Crippen LogP contribution in [-0.4, -0.2) is 34.6 Å². The Morgan fingerprint density at radius 3 is 2.82 bits per heavy atom. The van der Waals surface area contributed by atoms with Crippen LogP contribution < -0.4 is 4.74 Å². The molecule has 0 spiro atoms. The van der Waals surface area contributed by atoms with Gasteiger partial charge in [-0.3, -0.25) is 4.79 Å². The fraction of sp³-hybridized carbons (Fsp3) is 0.318. The number of nitrogens with zero attached hydrogens (tertiary/aromatic N) is 3. The van der Waals surface area contributed by atoms with Crippen molar-refractivity contribution in [2.45, 2.75) is 32.7 Å². The van der Waals surface area contributed by atoms with E-state index in [-0.39, 0.29) is 11.8 Å². The zero-order chi connectivity index (χ0) is 19.7. The number of para-hydroxylation sites is 1. The monoisotopic (exact) mass is 377 g/mol. The summed E-state index contributed by atoms with van der Waals surface area (Å²) in [6.45, 7) is 5.17. The topological polar surface area (TPSA) is 68.5 Å². The van der Waals surface area contributed by atoms with Gasteiger partial charge >= 0.3 is 0 Å². The largest absolute Gasteiger partial charge is 0.496 e. The molecule has 6 nitrogen and oxygen atoms in total. The van der Waals surface area contributed by atoms with E-state index < -0.39 is 0 Å². The highest BCUT2D eigenvalue weighted by molar-refractivity contribution is 5.79. The first-order valence-electron chi connectivity index (χ1n) is 9.36. The number of ether oxygens (including phenoxy) is 1. The molecule has 4 rings (SSSR count). The minimum atomic E-state index is -0.0644. The molecule has 1 aliphatic rings. The van der Waals surface area contributed by atoms with Crippen LogP contribution in [0.1, 0.15) is 34.9 Å². The number of amides is 1. The van der Waals surface area contributed by atoms with E-state index in [1.165, 1.54) is 5.56 Å². The Morgan fingerprint density at radius 2 is 2.04 bits per heavy atom. The molecule has 2 heterocycles. The Kier molecular flexibility index (Phi) is 4.86. The van der Waals surface area contributed by atoms with Crippen molar-refractivity contribution in [3.8, 4) is 17.2 Å². The van der Waals surface area contributed by atoms with Crippen LogP contribution in [0.15, 0.2) is 47.0 Å². The summed E-state index contributed by atoms with van der Waals surface area (Å²) >= 11 is 0. The van der Waals surface area contributed by atoms with Crippen LogP contribution in [0.4, 0.5) is 0 Å². The number of likely N-dealkylation sites (tertiary alicyclic amines) is 1. The molecule has 1 saturated heterocycles. The molecule has 1 aliphatic heterocycles. The lowest BCUT2D eigenvalue weighted by atomic mass is 10.1. The molecular weight excluding hydrogens is 354 g/mol. The molecule has 1 atom stereocenters. The van der Waals surface area contributed by atoms with Crippen LogP contribution in [0, 0.1) is 13.8 Å². The van der Waals surface area contributed by atoms with Crippen molar-refractivity contribution in [1.82, 2.24) is 15.0 Å². The molecule has 28 heavy (non-hydrogen) atoms. The van der Waals surface area contributed by atoms with Gasteiger partial charge in [0.1, 0.15) is 5.75 Å². The maximum Gasteiger partial charge on any atom is 0.258 e. The van der Waals surface area contributed by atoms with Gasteiger partial charge in [-0.15, -0.1) is 0 Å². The van der Waals surface area contributed by atoms with Gasteiger partial charge in [0.05, 0.1) is 7.11 Å². The third-order valence-electron chi connectivity index (χ3n) is 5.19. The van der Waals surface area contributed by atoms with E-state index in [0.717, 1.165) is 22.4 Å². The first-order chi connectivity index (χ1) is 13.5. The Bertz CT molecular complexity index is 1010. The van der Waals surface area contributed by atoms with Crippen molar-refractivity contribution < 1.29 is 14.1 Å². The van der Waals surface area contributed by atoms with E-state index in [1.54, 1.807) is 7.11 Å². The standard InChI is InChI=1S/C22H23N3O3/c1-14-8-9-18(15(2)10-14)22-23-21(24-28-22)17-11-20(26)25(13-17)12-16-6-4-5-7-19(16)27-3/h4-10,17H,11-13H2,1-3H3/t17-/m1/s1. The number of hydrogen-bond donors (Lipinski definition) is 0. The van der Waals surface area contributed by atoms with Gasteiger partial charge < -0.3 is 14.2 Å². The van der Waals surface area contributed by atoms with Crippen molar-refractivity contribution in [1.29, 1.82) is 0 Å². The van der Waals surface area contributed by atoms with Gasteiger partial charge in [0.15, 0.2) is 5.82 Å². The van der Waals surface area contributed by atoms with E-state index in [9.17, 15) is 4.79 Å². The summed E-state index contributed by atoms with van der Waals surface area (Å²) in [7, 11) is 1.64. The number of carbonyl (C=O) groups excluding carboxylic acids is 1. The number of methoxy groups -OCH3 is 1. The summed E-state index contributed by atoms with van der Waals surface area (Å²) < 4.78 is 10.9. The minimum absolute atomic E-state index is 0.0644. The predicted octanol–water partition coefficient (Wildman–Crippen LogP) is 3.88. The van der Waals surface area contributed by atoms with Gasteiger partial charge in [-0.05, 0) is 31.5 Å². The third kappa shape index (κ3) is 3.50. The molecule has 0 aliphatic carbocycles.